The summed E-state index contributed by atoms with van der Waals surface area (Å²) in [6, 6.07) is 7.33. The van der Waals surface area contributed by atoms with Crippen LogP contribution in [0.25, 0.3) is 0 Å². The number of hydrogen-bond donors (Lipinski definition) is 1. The molecule has 1 saturated heterocycles. The van der Waals surface area contributed by atoms with E-state index in [1.54, 1.807) is 11.8 Å². The van der Waals surface area contributed by atoms with Crippen molar-refractivity contribution in [3.8, 4) is 5.75 Å². The monoisotopic (exact) mass is 345 g/mol. The maximum atomic E-state index is 10.9. The first-order chi connectivity index (χ1) is 9.17. The maximum Gasteiger partial charge on any atom is 0.221 e. The van der Waals surface area contributed by atoms with Crippen LogP contribution in [0.3, 0.4) is 0 Å². The van der Waals surface area contributed by atoms with Gasteiger partial charge in [0.2, 0.25) is 5.91 Å². The van der Waals surface area contributed by atoms with Crippen molar-refractivity contribution in [2.45, 2.75) is 18.5 Å². The second-order valence-electron chi connectivity index (χ2n) is 4.19. The summed E-state index contributed by atoms with van der Waals surface area (Å²) in [5.41, 5.74) is 1.00. The molecular formula is C13H16BrNO3S. The van der Waals surface area contributed by atoms with Gasteiger partial charge in [-0.1, -0.05) is 15.9 Å². The van der Waals surface area contributed by atoms with Gasteiger partial charge in [-0.2, -0.15) is 0 Å². The largest absolute Gasteiger partial charge is 0.491 e. The van der Waals surface area contributed by atoms with Crippen molar-refractivity contribution in [3.63, 3.8) is 0 Å². The molecule has 0 aromatic heterocycles. The van der Waals surface area contributed by atoms with E-state index in [0.29, 0.717) is 6.61 Å². The van der Waals surface area contributed by atoms with E-state index in [1.807, 2.05) is 24.3 Å². The number of carbonyl (C=O) groups excluding carboxylic acids is 1. The molecule has 1 amide bonds. The summed E-state index contributed by atoms with van der Waals surface area (Å²) in [5, 5.41) is 3.56. The average molecular weight is 346 g/mol. The molecule has 1 fully saturated rings. The molecule has 1 heterocycles. The molecule has 0 radical (unpaired) electrons. The Morgan fingerprint density at radius 3 is 2.84 bits per heavy atom. The molecule has 1 aliphatic heterocycles. The Labute approximate surface area is 125 Å². The lowest BCUT2D eigenvalue weighted by Gasteiger charge is -2.12. The van der Waals surface area contributed by atoms with Crippen LogP contribution in [0, 0.1) is 0 Å². The van der Waals surface area contributed by atoms with Crippen LogP contribution in [-0.2, 0) is 9.53 Å². The summed E-state index contributed by atoms with van der Waals surface area (Å²) in [6.45, 7) is 2.04. The Morgan fingerprint density at radius 1 is 1.53 bits per heavy atom. The number of halogens is 1. The maximum absolute atomic E-state index is 10.9. The highest BCUT2D eigenvalue weighted by atomic mass is 79.9. The van der Waals surface area contributed by atoms with E-state index in [0.717, 1.165) is 22.5 Å². The zero-order valence-electron chi connectivity index (χ0n) is 10.6. The lowest BCUT2D eigenvalue weighted by atomic mass is 10.3. The van der Waals surface area contributed by atoms with E-state index in [9.17, 15) is 4.79 Å². The fourth-order valence-electron chi connectivity index (χ4n) is 1.70. The van der Waals surface area contributed by atoms with Crippen molar-refractivity contribution in [1.29, 1.82) is 0 Å². The van der Waals surface area contributed by atoms with Gasteiger partial charge >= 0.3 is 0 Å². The van der Waals surface area contributed by atoms with Gasteiger partial charge in [0, 0.05) is 23.7 Å². The Balaban J connectivity index is 1.78. The van der Waals surface area contributed by atoms with Gasteiger partial charge in [-0.3, -0.25) is 4.79 Å². The Bertz CT molecular complexity index is 426. The Hall–Kier alpha value is -0.720. The van der Waals surface area contributed by atoms with Crippen molar-refractivity contribution in [2.75, 3.05) is 23.0 Å². The van der Waals surface area contributed by atoms with Crippen LogP contribution in [0.1, 0.15) is 6.92 Å². The smallest absolute Gasteiger partial charge is 0.221 e. The average Bonchev–Trinajstić information content (AvgIpc) is 2.85. The minimum Gasteiger partial charge on any atom is -0.491 e. The SMILES string of the molecule is CC(=O)Nc1ccc(OCC2CSC(CBr)O2)cc1. The molecule has 1 aromatic rings. The predicted octanol–water partition coefficient (Wildman–Crippen LogP) is 2.88. The number of nitrogens with one attached hydrogen (secondary N) is 1. The summed E-state index contributed by atoms with van der Waals surface area (Å²) in [5.74, 6) is 1.66. The topological polar surface area (TPSA) is 47.6 Å². The lowest BCUT2D eigenvalue weighted by molar-refractivity contribution is -0.114. The standard InChI is InChI=1S/C13H16BrNO3S/c1-9(16)15-10-2-4-11(5-3-10)17-7-12-8-19-13(6-14)18-12/h2-5,12-13H,6-8H2,1H3,(H,15,16). The number of amides is 1. The molecular weight excluding hydrogens is 330 g/mol. The fraction of sp³-hybridized carbons (Fsp3) is 0.462. The van der Waals surface area contributed by atoms with Gasteiger partial charge in [-0.15, -0.1) is 11.8 Å². The highest BCUT2D eigenvalue weighted by molar-refractivity contribution is 9.09. The molecule has 1 N–H and O–H groups in total. The van der Waals surface area contributed by atoms with Crippen molar-refractivity contribution in [2.24, 2.45) is 0 Å². The first-order valence-corrected chi connectivity index (χ1v) is 8.18. The predicted molar refractivity (Wildman–Crippen MR) is 81.2 cm³/mol. The third kappa shape index (κ3) is 4.71. The zero-order valence-corrected chi connectivity index (χ0v) is 13.0. The van der Waals surface area contributed by atoms with Gasteiger partial charge in [0.1, 0.15) is 23.9 Å². The number of hydrogen-bond acceptors (Lipinski definition) is 4. The van der Waals surface area contributed by atoms with E-state index in [-0.39, 0.29) is 17.4 Å². The first kappa shape index (κ1) is 14.7. The number of carbonyl (C=O) groups is 1. The van der Waals surface area contributed by atoms with Gasteiger partial charge in [0.15, 0.2) is 0 Å². The summed E-state index contributed by atoms with van der Waals surface area (Å²) in [7, 11) is 0. The van der Waals surface area contributed by atoms with Gasteiger partial charge in [-0.25, -0.2) is 0 Å². The molecule has 2 atom stereocenters. The van der Waals surface area contributed by atoms with Crippen LogP contribution in [0.4, 0.5) is 5.69 Å². The first-order valence-electron chi connectivity index (χ1n) is 6.01. The van der Waals surface area contributed by atoms with Crippen molar-refractivity contribution in [3.05, 3.63) is 24.3 Å². The summed E-state index contributed by atoms with van der Waals surface area (Å²) < 4.78 is 11.4. The van der Waals surface area contributed by atoms with E-state index < -0.39 is 0 Å². The minimum absolute atomic E-state index is 0.0779. The Morgan fingerprint density at radius 2 is 2.26 bits per heavy atom. The summed E-state index contributed by atoms with van der Waals surface area (Å²) >= 11 is 5.20. The molecule has 104 valence electrons. The molecule has 0 bridgehead atoms. The Kier molecular flexibility index (Phi) is 5.54. The highest BCUT2D eigenvalue weighted by Crippen LogP contribution is 2.27. The van der Waals surface area contributed by atoms with Crippen LogP contribution in [0.5, 0.6) is 5.75 Å². The molecule has 0 aliphatic carbocycles. The molecule has 0 spiro atoms. The molecule has 1 aliphatic rings. The van der Waals surface area contributed by atoms with Gasteiger partial charge in [-0.05, 0) is 24.3 Å². The molecule has 0 saturated carbocycles. The number of ether oxygens (including phenoxy) is 2. The third-order valence-electron chi connectivity index (χ3n) is 2.55. The molecule has 1 aromatic carbocycles. The van der Waals surface area contributed by atoms with Crippen LogP contribution < -0.4 is 10.1 Å². The molecule has 6 heteroatoms. The van der Waals surface area contributed by atoms with Crippen LogP contribution in [0.2, 0.25) is 0 Å². The number of rotatable bonds is 5. The lowest BCUT2D eigenvalue weighted by Crippen LogP contribution is -2.21. The van der Waals surface area contributed by atoms with E-state index in [4.69, 9.17) is 9.47 Å². The minimum atomic E-state index is -0.0779. The number of benzene rings is 1. The molecule has 19 heavy (non-hydrogen) atoms. The normalized spacial score (nSPS) is 22.2. The van der Waals surface area contributed by atoms with E-state index in [2.05, 4.69) is 21.2 Å². The molecule has 2 unspecified atom stereocenters. The van der Waals surface area contributed by atoms with Crippen LogP contribution in [0.15, 0.2) is 24.3 Å². The van der Waals surface area contributed by atoms with Gasteiger partial charge in [0.05, 0.1) is 0 Å². The summed E-state index contributed by atoms with van der Waals surface area (Å²) in [6.07, 6.45) is 0.141. The van der Waals surface area contributed by atoms with Crippen LogP contribution in [-0.4, -0.2) is 35.1 Å². The highest BCUT2D eigenvalue weighted by Gasteiger charge is 2.25. The number of alkyl halides is 1. The number of anilines is 1. The van der Waals surface area contributed by atoms with Crippen molar-refractivity contribution in [1.82, 2.24) is 0 Å². The van der Waals surface area contributed by atoms with Crippen LogP contribution >= 0.6 is 27.7 Å². The summed E-state index contributed by atoms with van der Waals surface area (Å²) in [4.78, 5) is 10.9. The van der Waals surface area contributed by atoms with E-state index in [1.165, 1.54) is 6.92 Å². The third-order valence-corrected chi connectivity index (χ3v) is 4.78. The van der Waals surface area contributed by atoms with Crippen molar-refractivity contribution >= 4 is 39.3 Å². The quantitative estimate of drug-likeness (QED) is 0.833. The fourth-order valence-corrected chi connectivity index (χ4v) is 3.35. The van der Waals surface area contributed by atoms with Crippen molar-refractivity contribution < 1.29 is 14.3 Å². The molecule has 2 rings (SSSR count). The second kappa shape index (κ2) is 7.17. The number of thioether (sulfide) groups is 1. The van der Waals surface area contributed by atoms with E-state index >= 15 is 0 Å². The second-order valence-corrected chi connectivity index (χ2v) is 6.03. The molecule has 4 nitrogen and oxygen atoms in total. The van der Waals surface area contributed by atoms with Gasteiger partial charge < -0.3 is 14.8 Å². The zero-order chi connectivity index (χ0) is 13.7. The van der Waals surface area contributed by atoms with Gasteiger partial charge in [0.25, 0.3) is 0 Å².